The van der Waals surface area contributed by atoms with Crippen molar-refractivity contribution in [2.75, 3.05) is 7.11 Å². The first kappa shape index (κ1) is 12.1. The van der Waals surface area contributed by atoms with E-state index in [0.717, 1.165) is 22.4 Å². The number of hydrogen-bond acceptors (Lipinski definition) is 1. The minimum atomic E-state index is -0.358. The van der Waals surface area contributed by atoms with Gasteiger partial charge in [-0.2, -0.15) is 0 Å². The zero-order valence-electron chi connectivity index (χ0n) is 10.2. The Morgan fingerprint density at radius 2 is 1.95 bits per heavy atom. The van der Waals surface area contributed by atoms with E-state index in [9.17, 15) is 4.39 Å². The van der Waals surface area contributed by atoms with Gasteiger partial charge in [-0.05, 0) is 30.3 Å². The van der Waals surface area contributed by atoms with Crippen molar-refractivity contribution in [3.8, 4) is 17.0 Å². The average Bonchev–Trinajstić information content (AvgIpc) is 2.82. The number of rotatable bonds is 2. The summed E-state index contributed by atoms with van der Waals surface area (Å²) >= 11 is 5.86. The second-order valence-corrected chi connectivity index (χ2v) is 4.67. The van der Waals surface area contributed by atoms with Crippen LogP contribution in [0.1, 0.15) is 0 Å². The van der Waals surface area contributed by atoms with Gasteiger partial charge in [0.25, 0.3) is 0 Å². The van der Waals surface area contributed by atoms with E-state index in [2.05, 4.69) is 4.98 Å². The lowest BCUT2D eigenvalue weighted by Crippen LogP contribution is -1.87. The molecule has 4 heteroatoms. The molecule has 0 amide bonds. The summed E-state index contributed by atoms with van der Waals surface area (Å²) in [6.45, 7) is 0. The smallest absolute Gasteiger partial charge is 0.148 e. The first-order valence-corrected chi connectivity index (χ1v) is 6.18. The van der Waals surface area contributed by atoms with Crippen LogP contribution < -0.4 is 4.74 Å². The second-order valence-electron chi connectivity index (χ2n) is 4.24. The van der Waals surface area contributed by atoms with Crippen LogP contribution >= 0.6 is 11.6 Å². The molecule has 0 aliphatic carbocycles. The van der Waals surface area contributed by atoms with E-state index in [4.69, 9.17) is 16.3 Å². The summed E-state index contributed by atoms with van der Waals surface area (Å²) in [7, 11) is 1.61. The zero-order chi connectivity index (χ0) is 13.4. The van der Waals surface area contributed by atoms with Crippen LogP contribution in [0.5, 0.6) is 5.75 Å². The Kier molecular flexibility index (Phi) is 2.91. The summed E-state index contributed by atoms with van der Waals surface area (Å²) in [6.07, 6.45) is 0. The summed E-state index contributed by atoms with van der Waals surface area (Å²) in [6, 6.07) is 12.5. The highest BCUT2D eigenvalue weighted by Crippen LogP contribution is 2.33. The Labute approximate surface area is 114 Å². The van der Waals surface area contributed by atoms with Gasteiger partial charge in [-0.15, -0.1) is 0 Å². The molecule has 1 heterocycles. The lowest BCUT2D eigenvalue weighted by Gasteiger charge is -2.05. The lowest BCUT2D eigenvalue weighted by molar-refractivity contribution is 0.416. The van der Waals surface area contributed by atoms with Gasteiger partial charge >= 0.3 is 0 Å². The van der Waals surface area contributed by atoms with Gasteiger partial charge < -0.3 is 9.72 Å². The highest BCUT2D eigenvalue weighted by atomic mass is 35.5. The standard InChI is InChI=1S/C15H11ClFNO/c1-19-14-5-3-2-4-11(14)13-7-9-6-10(16)8-12(17)15(9)18-13/h2-8,18H,1H3. The van der Waals surface area contributed by atoms with Gasteiger partial charge in [0, 0.05) is 16.0 Å². The molecule has 3 aromatic rings. The van der Waals surface area contributed by atoms with E-state index < -0.39 is 0 Å². The van der Waals surface area contributed by atoms with Crippen molar-refractivity contribution in [2.24, 2.45) is 0 Å². The first-order chi connectivity index (χ1) is 9.19. The average molecular weight is 276 g/mol. The Morgan fingerprint density at radius 3 is 2.74 bits per heavy atom. The highest BCUT2D eigenvalue weighted by Gasteiger charge is 2.11. The molecule has 0 saturated carbocycles. The van der Waals surface area contributed by atoms with Crippen LogP contribution in [0.25, 0.3) is 22.2 Å². The van der Waals surface area contributed by atoms with Gasteiger partial charge in [-0.1, -0.05) is 23.7 Å². The Hall–Kier alpha value is -2.00. The van der Waals surface area contributed by atoms with Gasteiger partial charge in [0.05, 0.1) is 18.3 Å². The Morgan fingerprint density at radius 1 is 1.16 bits per heavy atom. The molecule has 0 unspecified atom stereocenters. The first-order valence-electron chi connectivity index (χ1n) is 5.80. The maximum atomic E-state index is 13.8. The van der Waals surface area contributed by atoms with Crippen LogP contribution in [0.15, 0.2) is 42.5 Å². The van der Waals surface area contributed by atoms with Gasteiger partial charge in [0.15, 0.2) is 0 Å². The molecule has 2 aromatic carbocycles. The molecule has 1 N–H and O–H groups in total. The third kappa shape index (κ3) is 2.06. The molecule has 0 saturated heterocycles. The molecule has 0 fully saturated rings. The van der Waals surface area contributed by atoms with E-state index in [1.165, 1.54) is 6.07 Å². The fourth-order valence-electron chi connectivity index (χ4n) is 2.18. The minimum absolute atomic E-state index is 0.358. The summed E-state index contributed by atoms with van der Waals surface area (Å²) in [5.41, 5.74) is 2.13. The van der Waals surface area contributed by atoms with Crippen molar-refractivity contribution in [1.29, 1.82) is 0 Å². The third-order valence-corrected chi connectivity index (χ3v) is 3.26. The molecular weight excluding hydrogens is 265 g/mol. The van der Waals surface area contributed by atoms with E-state index in [1.807, 2.05) is 30.3 Å². The van der Waals surface area contributed by atoms with E-state index in [0.29, 0.717) is 10.5 Å². The molecule has 19 heavy (non-hydrogen) atoms. The summed E-state index contributed by atoms with van der Waals surface area (Å²) in [5.74, 6) is 0.379. The number of aromatic nitrogens is 1. The van der Waals surface area contributed by atoms with Crippen molar-refractivity contribution >= 4 is 22.5 Å². The zero-order valence-corrected chi connectivity index (χ0v) is 11.0. The van der Waals surface area contributed by atoms with E-state index in [1.54, 1.807) is 13.2 Å². The molecule has 0 aliphatic heterocycles. The van der Waals surface area contributed by atoms with Crippen LogP contribution in [0, 0.1) is 5.82 Å². The van der Waals surface area contributed by atoms with Crippen molar-refractivity contribution in [1.82, 2.24) is 4.98 Å². The number of H-pyrrole nitrogens is 1. The normalized spacial score (nSPS) is 10.9. The summed E-state index contributed by atoms with van der Waals surface area (Å²) in [4.78, 5) is 3.07. The molecule has 0 aliphatic rings. The molecule has 0 bridgehead atoms. The molecule has 0 spiro atoms. The number of nitrogens with one attached hydrogen (secondary N) is 1. The number of fused-ring (bicyclic) bond motifs is 1. The maximum absolute atomic E-state index is 13.8. The van der Waals surface area contributed by atoms with Crippen molar-refractivity contribution in [3.05, 3.63) is 53.3 Å². The van der Waals surface area contributed by atoms with Crippen LogP contribution in [0.2, 0.25) is 5.02 Å². The Bertz CT molecular complexity index is 751. The SMILES string of the molecule is COc1ccccc1-c1cc2cc(Cl)cc(F)c2[nH]1. The van der Waals surface area contributed by atoms with Gasteiger partial charge in [-0.25, -0.2) is 4.39 Å². The molecule has 0 atom stereocenters. The fourth-order valence-corrected chi connectivity index (χ4v) is 2.39. The van der Waals surface area contributed by atoms with E-state index >= 15 is 0 Å². The number of para-hydroxylation sites is 1. The van der Waals surface area contributed by atoms with Gasteiger partial charge in [0.1, 0.15) is 11.6 Å². The summed E-state index contributed by atoms with van der Waals surface area (Å²) in [5, 5.41) is 1.13. The van der Waals surface area contributed by atoms with Crippen LogP contribution in [-0.2, 0) is 0 Å². The molecule has 96 valence electrons. The van der Waals surface area contributed by atoms with Crippen molar-refractivity contribution in [3.63, 3.8) is 0 Å². The van der Waals surface area contributed by atoms with Crippen LogP contribution in [0.3, 0.4) is 0 Å². The number of aromatic amines is 1. The molecule has 2 nitrogen and oxygen atoms in total. The second kappa shape index (κ2) is 4.59. The number of hydrogen-bond donors (Lipinski definition) is 1. The topological polar surface area (TPSA) is 25.0 Å². The molecule has 0 radical (unpaired) electrons. The third-order valence-electron chi connectivity index (χ3n) is 3.04. The van der Waals surface area contributed by atoms with Crippen molar-refractivity contribution < 1.29 is 9.13 Å². The predicted octanol–water partition coefficient (Wildman–Crippen LogP) is 4.64. The maximum Gasteiger partial charge on any atom is 0.148 e. The van der Waals surface area contributed by atoms with Gasteiger partial charge in [0.2, 0.25) is 0 Å². The molecule has 1 aromatic heterocycles. The fraction of sp³-hybridized carbons (Fsp3) is 0.0667. The predicted molar refractivity (Wildman–Crippen MR) is 75.3 cm³/mol. The number of ether oxygens (including phenoxy) is 1. The van der Waals surface area contributed by atoms with Crippen molar-refractivity contribution in [2.45, 2.75) is 0 Å². The largest absolute Gasteiger partial charge is 0.496 e. The highest BCUT2D eigenvalue weighted by molar-refractivity contribution is 6.31. The lowest BCUT2D eigenvalue weighted by atomic mass is 10.1. The molecular formula is C15H11ClFNO. The van der Waals surface area contributed by atoms with Crippen LogP contribution in [-0.4, -0.2) is 12.1 Å². The quantitative estimate of drug-likeness (QED) is 0.724. The Balaban J connectivity index is 2.23. The number of benzene rings is 2. The summed E-state index contributed by atoms with van der Waals surface area (Å²) < 4.78 is 19.1. The minimum Gasteiger partial charge on any atom is -0.496 e. The van der Waals surface area contributed by atoms with Crippen LogP contribution in [0.4, 0.5) is 4.39 Å². The monoisotopic (exact) mass is 275 g/mol. The molecule has 3 rings (SSSR count). The van der Waals surface area contributed by atoms with Gasteiger partial charge in [-0.3, -0.25) is 0 Å². The number of methoxy groups -OCH3 is 1. The number of halogens is 2. The van der Waals surface area contributed by atoms with E-state index in [-0.39, 0.29) is 5.82 Å².